The minimum absolute atomic E-state index is 0. The molecule has 0 radical (unpaired) electrons. The second-order valence-electron chi connectivity index (χ2n) is 7.03. The first kappa shape index (κ1) is 18.3. The van der Waals surface area contributed by atoms with Crippen LogP contribution in [0.5, 0.6) is 0 Å². The molecule has 25 heavy (non-hydrogen) atoms. The van der Waals surface area contributed by atoms with Gasteiger partial charge in [0, 0.05) is 36.9 Å². The molecule has 7 heteroatoms. The van der Waals surface area contributed by atoms with Gasteiger partial charge in [0.15, 0.2) is 5.82 Å². The number of hydrogen-bond acceptors (Lipinski definition) is 3. The first-order valence-corrected chi connectivity index (χ1v) is 8.55. The topological polar surface area (TPSA) is 33.1 Å². The Morgan fingerprint density at radius 3 is 2.60 bits per heavy atom. The van der Waals surface area contributed by atoms with Gasteiger partial charge in [0.25, 0.3) is 0 Å². The summed E-state index contributed by atoms with van der Waals surface area (Å²) in [6.07, 6.45) is 6.66. The predicted octanol–water partition coefficient (Wildman–Crippen LogP) is 3.29. The molecule has 2 fully saturated rings. The number of hydrogen-bond donors (Lipinski definition) is 1. The Kier molecular flexibility index (Phi) is 5.41. The van der Waals surface area contributed by atoms with E-state index in [1.807, 2.05) is 6.07 Å². The Labute approximate surface area is 152 Å². The van der Waals surface area contributed by atoms with Crippen LogP contribution in [0.4, 0.5) is 8.78 Å². The van der Waals surface area contributed by atoms with Crippen LogP contribution in [-0.4, -0.2) is 39.9 Å². The molecule has 2 bridgehead atoms. The van der Waals surface area contributed by atoms with Gasteiger partial charge in [-0.15, -0.1) is 12.4 Å². The van der Waals surface area contributed by atoms with Crippen molar-refractivity contribution in [2.24, 2.45) is 0 Å². The van der Waals surface area contributed by atoms with Gasteiger partial charge in [-0.25, -0.2) is 13.5 Å². The second kappa shape index (κ2) is 7.40. The van der Waals surface area contributed by atoms with Gasteiger partial charge >= 0.3 is 0 Å². The summed E-state index contributed by atoms with van der Waals surface area (Å²) in [4.78, 5) is 2.35. The monoisotopic (exact) mass is 368 g/mol. The van der Waals surface area contributed by atoms with Crippen molar-refractivity contribution in [3.8, 4) is 5.69 Å². The summed E-state index contributed by atoms with van der Waals surface area (Å²) < 4.78 is 28.4. The number of aromatic nitrogens is 2. The molecule has 2 unspecified atom stereocenters. The molecule has 2 aliphatic rings. The maximum absolute atomic E-state index is 13.9. The molecule has 1 N–H and O–H groups in total. The van der Waals surface area contributed by atoms with E-state index >= 15 is 0 Å². The van der Waals surface area contributed by atoms with E-state index in [0.717, 1.165) is 18.3 Å². The Balaban J connectivity index is 0.00000182. The molecule has 0 amide bonds. The van der Waals surface area contributed by atoms with Gasteiger partial charge in [-0.2, -0.15) is 5.10 Å². The van der Waals surface area contributed by atoms with Crippen molar-refractivity contribution in [2.45, 2.75) is 50.4 Å². The van der Waals surface area contributed by atoms with Crippen LogP contribution in [0.15, 0.2) is 30.5 Å². The van der Waals surface area contributed by atoms with Crippen molar-refractivity contribution in [1.29, 1.82) is 0 Å². The summed E-state index contributed by atoms with van der Waals surface area (Å²) >= 11 is 0. The largest absolute Gasteiger partial charge is 0.311 e. The van der Waals surface area contributed by atoms with Crippen molar-refractivity contribution >= 4 is 12.4 Å². The van der Waals surface area contributed by atoms with Gasteiger partial charge in [0.05, 0.1) is 5.69 Å². The zero-order valence-corrected chi connectivity index (χ0v) is 15.0. The molecule has 2 aliphatic heterocycles. The average Bonchev–Trinajstić information content (AvgIpc) is 3.13. The second-order valence-corrected chi connectivity index (χ2v) is 7.03. The highest BCUT2D eigenvalue weighted by molar-refractivity contribution is 5.85. The molecule has 1 aromatic carbocycles. The maximum Gasteiger partial charge on any atom is 0.151 e. The minimum atomic E-state index is -0.604. The number of fused-ring (bicyclic) bond motifs is 2. The lowest BCUT2D eigenvalue weighted by Crippen LogP contribution is -2.46. The van der Waals surface area contributed by atoms with Crippen LogP contribution in [0.25, 0.3) is 5.69 Å². The van der Waals surface area contributed by atoms with E-state index < -0.39 is 11.6 Å². The predicted molar refractivity (Wildman–Crippen MR) is 95.2 cm³/mol. The zero-order chi connectivity index (χ0) is 16.7. The summed E-state index contributed by atoms with van der Waals surface area (Å²) in [6, 6.07) is 7.31. The Morgan fingerprint density at radius 2 is 1.92 bits per heavy atom. The SMILES string of the molecule is CN(Cc1ccn(-c2ccc(F)cc2F)n1)C1CC2CCC(C1)N2.Cl. The van der Waals surface area contributed by atoms with Gasteiger partial charge in [0.1, 0.15) is 11.5 Å². The first-order valence-electron chi connectivity index (χ1n) is 8.55. The van der Waals surface area contributed by atoms with Gasteiger partial charge < -0.3 is 5.32 Å². The van der Waals surface area contributed by atoms with Crippen molar-refractivity contribution < 1.29 is 8.78 Å². The average molecular weight is 369 g/mol. The van der Waals surface area contributed by atoms with Crippen molar-refractivity contribution in [3.63, 3.8) is 0 Å². The van der Waals surface area contributed by atoms with E-state index in [-0.39, 0.29) is 18.1 Å². The quantitative estimate of drug-likeness (QED) is 0.899. The third kappa shape index (κ3) is 3.86. The van der Waals surface area contributed by atoms with Gasteiger partial charge in [-0.1, -0.05) is 0 Å². The fraction of sp³-hybridized carbons (Fsp3) is 0.500. The van der Waals surface area contributed by atoms with E-state index in [1.54, 1.807) is 6.20 Å². The lowest BCUT2D eigenvalue weighted by Gasteiger charge is -2.35. The van der Waals surface area contributed by atoms with Gasteiger partial charge in [-0.3, -0.25) is 4.90 Å². The summed E-state index contributed by atoms with van der Waals surface area (Å²) in [5, 5.41) is 8.11. The molecule has 2 atom stereocenters. The maximum atomic E-state index is 13.9. The number of halogens is 3. The van der Waals surface area contributed by atoms with Crippen LogP contribution in [0.1, 0.15) is 31.4 Å². The van der Waals surface area contributed by atoms with Gasteiger partial charge in [-0.05, 0) is 50.9 Å². The smallest absolute Gasteiger partial charge is 0.151 e. The van der Waals surface area contributed by atoms with E-state index in [1.165, 1.54) is 42.5 Å². The summed E-state index contributed by atoms with van der Waals surface area (Å²) in [5.74, 6) is -1.18. The lowest BCUT2D eigenvalue weighted by molar-refractivity contribution is 0.164. The molecule has 0 saturated carbocycles. The highest BCUT2D eigenvalue weighted by atomic mass is 35.5. The van der Waals surface area contributed by atoms with Crippen molar-refractivity contribution in [3.05, 3.63) is 47.8 Å². The molecular formula is C18H23ClF2N4. The molecule has 3 heterocycles. The van der Waals surface area contributed by atoms with Crippen LogP contribution >= 0.6 is 12.4 Å². The Hall–Kier alpha value is -1.50. The summed E-state index contributed by atoms with van der Waals surface area (Å²) in [5.41, 5.74) is 1.16. The fourth-order valence-electron chi connectivity index (χ4n) is 4.02. The van der Waals surface area contributed by atoms with Crippen LogP contribution in [0.2, 0.25) is 0 Å². The molecule has 1 aromatic heterocycles. The number of rotatable bonds is 4. The third-order valence-electron chi connectivity index (χ3n) is 5.28. The highest BCUT2D eigenvalue weighted by Crippen LogP contribution is 2.29. The Bertz CT molecular complexity index is 724. The van der Waals surface area contributed by atoms with Crippen molar-refractivity contribution in [2.75, 3.05) is 7.05 Å². The molecule has 2 saturated heterocycles. The molecule has 4 nitrogen and oxygen atoms in total. The highest BCUT2D eigenvalue weighted by Gasteiger charge is 2.35. The van der Waals surface area contributed by atoms with Crippen LogP contribution in [-0.2, 0) is 6.54 Å². The van der Waals surface area contributed by atoms with E-state index in [2.05, 4.69) is 22.4 Å². The fourth-order valence-corrected chi connectivity index (χ4v) is 4.02. The molecule has 136 valence electrons. The van der Waals surface area contributed by atoms with Crippen LogP contribution < -0.4 is 5.32 Å². The number of nitrogens with zero attached hydrogens (tertiary/aromatic N) is 3. The van der Waals surface area contributed by atoms with Gasteiger partial charge in [0.2, 0.25) is 0 Å². The lowest BCUT2D eigenvalue weighted by atomic mass is 9.98. The number of benzene rings is 1. The normalized spacial score (nSPS) is 25.2. The molecule has 4 rings (SSSR count). The Morgan fingerprint density at radius 1 is 1.20 bits per heavy atom. The van der Waals surface area contributed by atoms with E-state index in [0.29, 0.717) is 18.1 Å². The number of piperidine rings is 1. The third-order valence-corrected chi connectivity index (χ3v) is 5.28. The summed E-state index contributed by atoms with van der Waals surface area (Å²) in [6.45, 7) is 0.736. The minimum Gasteiger partial charge on any atom is -0.311 e. The molecule has 0 spiro atoms. The van der Waals surface area contributed by atoms with E-state index in [4.69, 9.17) is 0 Å². The van der Waals surface area contributed by atoms with Crippen molar-refractivity contribution in [1.82, 2.24) is 20.0 Å². The molecule has 0 aliphatic carbocycles. The number of nitrogens with one attached hydrogen (secondary N) is 1. The van der Waals surface area contributed by atoms with E-state index in [9.17, 15) is 8.78 Å². The first-order chi connectivity index (χ1) is 11.6. The molecular weight excluding hydrogens is 346 g/mol. The standard InChI is InChI=1S/C18H22F2N4.ClH/c1-23(16-9-13-3-4-14(10-16)21-13)11-15-6-7-24(22-15)18-5-2-12(19)8-17(18)20;/h2,5-8,13-14,16,21H,3-4,9-11H2,1H3;1H. The molecule has 2 aromatic rings. The summed E-state index contributed by atoms with van der Waals surface area (Å²) in [7, 11) is 2.13. The van der Waals surface area contributed by atoms with Crippen LogP contribution in [0, 0.1) is 11.6 Å². The van der Waals surface area contributed by atoms with Crippen LogP contribution in [0.3, 0.4) is 0 Å². The zero-order valence-electron chi connectivity index (χ0n) is 14.2.